The summed E-state index contributed by atoms with van der Waals surface area (Å²) < 4.78 is 17.6. The van der Waals surface area contributed by atoms with E-state index in [0.717, 1.165) is 43.9 Å². The Morgan fingerprint density at radius 3 is 1.50 bits per heavy atom. The van der Waals surface area contributed by atoms with E-state index >= 15 is 0 Å². The van der Waals surface area contributed by atoms with Crippen molar-refractivity contribution in [2.45, 2.75) is 0 Å². The molecule has 60 heavy (non-hydrogen) atoms. The average molecular weight is 780 g/mol. The molecule has 0 aliphatic rings. The number of nitrogens with zero attached hydrogens (tertiary/aromatic N) is 1. The van der Waals surface area contributed by atoms with Crippen molar-refractivity contribution in [1.82, 2.24) is 4.40 Å². The molecular weight excluding hydrogens is 751 g/mol. The predicted molar refractivity (Wildman–Crippen MR) is 254 cm³/mol. The van der Waals surface area contributed by atoms with Gasteiger partial charge in [-0.2, -0.15) is 0 Å². The summed E-state index contributed by atoms with van der Waals surface area (Å²) in [6.45, 7) is 0. The summed E-state index contributed by atoms with van der Waals surface area (Å²) in [6, 6.07) is 64.7. The smallest absolute Gasteiger partial charge is 0.135 e. The van der Waals surface area contributed by atoms with Crippen molar-refractivity contribution in [3.63, 3.8) is 0 Å². The monoisotopic (exact) mass is 779 g/mol. The zero-order valence-electron chi connectivity index (χ0n) is 31.9. The highest BCUT2D eigenvalue weighted by molar-refractivity contribution is 7.26. The van der Waals surface area contributed by atoms with Gasteiger partial charge in [0.1, 0.15) is 22.3 Å². The topological polar surface area (TPSA) is 30.7 Å². The molecule has 0 spiro atoms. The molecule has 0 amide bonds. The first-order chi connectivity index (χ1) is 29.7. The molecule has 0 saturated carbocycles. The van der Waals surface area contributed by atoms with Crippen molar-refractivity contribution in [3.05, 3.63) is 176 Å². The molecule has 4 heteroatoms. The zero-order valence-corrected chi connectivity index (χ0v) is 32.7. The van der Waals surface area contributed by atoms with E-state index in [1.54, 1.807) is 0 Å². The molecular formula is C56H29NO2S. The quantitative estimate of drug-likeness (QED) is 0.175. The Labute approximate surface area is 344 Å². The van der Waals surface area contributed by atoms with Gasteiger partial charge in [-0.05, 0) is 129 Å². The zero-order chi connectivity index (χ0) is 38.8. The number of thiophene rings is 1. The average Bonchev–Trinajstić information content (AvgIpc) is 4.10. The third-order valence-corrected chi connectivity index (χ3v) is 14.4. The summed E-state index contributed by atoms with van der Waals surface area (Å²) >= 11 is 1.92. The largest absolute Gasteiger partial charge is 0.456 e. The van der Waals surface area contributed by atoms with Gasteiger partial charge >= 0.3 is 0 Å². The molecule has 0 aliphatic carbocycles. The van der Waals surface area contributed by atoms with Crippen LogP contribution in [0.3, 0.4) is 0 Å². The van der Waals surface area contributed by atoms with Gasteiger partial charge in [-0.25, -0.2) is 0 Å². The van der Waals surface area contributed by atoms with E-state index in [2.05, 4.69) is 156 Å². The van der Waals surface area contributed by atoms with E-state index in [1.807, 2.05) is 35.6 Å². The molecule has 15 rings (SSSR count). The normalized spacial score (nSPS) is 12.7. The van der Waals surface area contributed by atoms with Gasteiger partial charge in [-0.15, -0.1) is 11.3 Å². The number of aromatic nitrogens is 1. The van der Waals surface area contributed by atoms with E-state index < -0.39 is 0 Å². The van der Waals surface area contributed by atoms with Crippen LogP contribution < -0.4 is 0 Å². The Morgan fingerprint density at radius 2 is 0.850 bits per heavy atom. The first kappa shape index (κ1) is 31.3. The Hall–Kier alpha value is -7.66. The van der Waals surface area contributed by atoms with Gasteiger partial charge in [0.15, 0.2) is 0 Å². The van der Waals surface area contributed by atoms with Crippen LogP contribution in [0.25, 0.3) is 146 Å². The summed E-state index contributed by atoms with van der Waals surface area (Å²) in [5.41, 5.74) is 12.3. The van der Waals surface area contributed by atoms with Gasteiger partial charge in [0, 0.05) is 63.3 Å². The predicted octanol–water partition coefficient (Wildman–Crippen LogP) is 16.6. The van der Waals surface area contributed by atoms with Gasteiger partial charge in [0.2, 0.25) is 0 Å². The summed E-state index contributed by atoms with van der Waals surface area (Å²) in [6.07, 6.45) is 0. The second-order valence-corrected chi connectivity index (χ2v) is 17.5. The number of rotatable bonds is 2. The summed E-state index contributed by atoms with van der Waals surface area (Å²) in [5.74, 6) is 0. The molecule has 15 aromatic rings. The molecule has 10 aromatic carbocycles. The summed E-state index contributed by atoms with van der Waals surface area (Å²) in [4.78, 5) is 0. The minimum atomic E-state index is 0.919. The van der Waals surface area contributed by atoms with Gasteiger partial charge in [0.05, 0.1) is 16.6 Å². The molecule has 0 bridgehead atoms. The minimum Gasteiger partial charge on any atom is -0.456 e. The van der Waals surface area contributed by atoms with Crippen molar-refractivity contribution >= 4 is 135 Å². The van der Waals surface area contributed by atoms with Crippen LogP contribution in [0.2, 0.25) is 0 Å². The Morgan fingerprint density at radius 1 is 0.333 bits per heavy atom. The van der Waals surface area contributed by atoms with Crippen molar-refractivity contribution in [2.24, 2.45) is 0 Å². The molecule has 276 valence electrons. The molecule has 0 unspecified atom stereocenters. The number of para-hydroxylation sites is 2. The highest BCUT2D eigenvalue weighted by Crippen LogP contribution is 2.49. The fourth-order valence-electron chi connectivity index (χ4n) is 10.4. The first-order valence-electron chi connectivity index (χ1n) is 20.5. The summed E-state index contributed by atoms with van der Waals surface area (Å²) in [7, 11) is 0. The molecule has 0 N–H and O–H groups in total. The molecule has 0 aliphatic heterocycles. The van der Waals surface area contributed by atoms with Gasteiger partial charge in [-0.3, -0.25) is 0 Å². The van der Waals surface area contributed by atoms with Crippen molar-refractivity contribution < 1.29 is 8.83 Å². The van der Waals surface area contributed by atoms with Crippen LogP contribution in [0, 0.1) is 0 Å². The fraction of sp³-hybridized carbons (Fsp3) is 0. The molecule has 0 atom stereocenters. The number of benzene rings is 10. The standard InChI is InChI=1S/C56H29NO2S/c1-4-10-49-38(7-1)42-23-32(17-19-51(42)58-49)30-13-15-34-27-47-41(25-36(34)21-30)44-29-45-40-9-3-6-12-53(40)60-56(45)54-46-26-37-22-31(14-16-35(37)28-48(46)57(47)55(44)54)33-18-20-52-43(24-33)39-8-2-5-11-50(39)59-52/h1-29H. The lowest BCUT2D eigenvalue weighted by molar-refractivity contribution is 0.668. The lowest BCUT2D eigenvalue weighted by atomic mass is 9.97. The van der Waals surface area contributed by atoms with Crippen LogP contribution in [-0.2, 0) is 0 Å². The van der Waals surface area contributed by atoms with E-state index in [-0.39, 0.29) is 0 Å². The van der Waals surface area contributed by atoms with Gasteiger partial charge < -0.3 is 13.2 Å². The minimum absolute atomic E-state index is 0.919. The number of hydrogen-bond donors (Lipinski definition) is 0. The lowest BCUT2D eigenvalue weighted by Gasteiger charge is -2.08. The van der Waals surface area contributed by atoms with Crippen LogP contribution in [0.1, 0.15) is 0 Å². The third-order valence-electron chi connectivity index (χ3n) is 13.2. The third kappa shape index (κ3) is 4.08. The Bertz CT molecular complexity index is 4360. The molecule has 0 saturated heterocycles. The SMILES string of the molecule is c1ccc2c(c1)oc1ccc(-c3ccc4cc5c(cc4c3)c3cc4c6ccccc6sc4c4c6cc7cc(-c8ccc9oc%10ccccc%10c9c8)ccc7cc6n5c34)cc12. The van der Waals surface area contributed by atoms with E-state index in [0.29, 0.717) is 0 Å². The maximum Gasteiger partial charge on any atom is 0.135 e. The highest BCUT2D eigenvalue weighted by Gasteiger charge is 2.23. The Balaban J connectivity index is 0.976. The van der Waals surface area contributed by atoms with Crippen molar-refractivity contribution in [1.29, 1.82) is 0 Å². The number of fused-ring (bicyclic) bond motifs is 18. The Kier molecular flexibility index (Phi) is 5.79. The highest BCUT2D eigenvalue weighted by atomic mass is 32.1. The first-order valence-corrected chi connectivity index (χ1v) is 21.3. The molecule has 5 heterocycles. The molecule has 3 nitrogen and oxygen atoms in total. The second kappa shape index (κ2) is 11.1. The summed E-state index contributed by atoms with van der Waals surface area (Å²) in [5, 5.41) is 17.4. The van der Waals surface area contributed by atoms with Crippen LogP contribution >= 0.6 is 11.3 Å². The van der Waals surface area contributed by atoms with E-state index in [1.165, 1.54) is 102 Å². The van der Waals surface area contributed by atoms with Gasteiger partial charge in [0.25, 0.3) is 0 Å². The van der Waals surface area contributed by atoms with E-state index in [4.69, 9.17) is 8.83 Å². The molecule has 0 radical (unpaired) electrons. The van der Waals surface area contributed by atoms with Crippen molar-refractivity contribution in [3.8, 4) is 22.3 Å². The van der Waals surface area contributed by atoms with Gasteiger partial charge in [-0.1, -0.05) is 91.0 Å². The number of furan rings is 2. The molecule has 5 aromatic heterocycles. The van der Waals surface area contributed by atoms with E-state index in [9.17, 15) is 0 Å². The second-order valence-electron chi connectivity index (χ2n) is 16.4. The van der Waals surface area contributed by atoms with Crippen LogP contribution in [0.15, 0.2) is 185 Å². The maximum absolute atomic E-state index is 6.17. The van der Waals surface area contributed by atoms with Crippen LogP contribution in [0.5, 0.6) is 0 Å². The fourth-order valence-corrected chi connectivity index (χ4v) is 11.7. The van der Waals surface area contributed by atoms with Crippen molar-refractivity contribution in [2.75, 3.05) is 0 Å². The maximum atomic E-state index is 6.17. The lowest BCUT2D eigenvalue weighted by Crippen LogP contribution is -1.84. The van der Waals surface area contributed by atoms with Crippen LogP contribution in [0.4, 0.5) is 0 Å². The van der Waals surface area contributed by atoms with Crippen LogP contribution in [-0.4, -0.2) is 4.40 Å². The molecule has 0 fully saturated rings. The number of hydrogen-bond acceptors (Lipinski definition) is 3.